The van der Waals surface area contributed by atoms with E-state index in [2.05, 4.69) is 32.4 Å². The zero-order chi connectivity index (χ0) is 18.4. The Morgan fingerprint density at radius 2 is 2.11 bits per heavy atom. The molecule has 1 fully saturated rings. The lowest BCUT2D eigenvalue weighted by atomic mass is 10.1. The van der Waals surface area contributed by atoms with E-state index < -0.39 is 0 Å². The van der Waals surface area contributed by atoms with Gasteiger partial charge in [0.2, 0.25) is 0 Å². The number of rotatable bonds is 6. The van der Waals surface area contributed by atoms with Crippen LogP contribution in [0.2, 0.25) is 0 Å². The number of aliphatic imine (C=N–C) groups is 1. The summed E-state index contributed by atoms with van der Waals surface area (Å²) in [5.74, 6) is 0.656. The van der Waals surface area contributed by atoms with Gasteiger partial charge in [-0.15, -0.1) is 24.0 Å². The van der Waals surface area contributed by atoms with Crippen LogP contribution in [0.4, 0.5) is 4.39 Å². The van der Waals surface area contributed by atoms with Crippen molar-refractivity contribution in [1.29, 1.82) is 0 Å². The maximum Gasteiger partial charge on any atom is 0.191 e. The van der Waals surface area contributed by atoms with Crippen LogP contribution in [0.25, 0.3) is 10.9 Å². The SMILES string of the molecule is CCCN1CCC(NC(=NC)NCCc2c[nH]c3ccc(F)cc23)CC1.I. The smallest absolute Gasteiger partial charge is 0.191 e. The molecule has 0 atom stereocenters. The van der Waals surface area contributed by atoms with E-state index in [1.165, 1.54) is 19.0 Å². The minimum Gasteiger partial charge on any atom is -0.361 e. The van der Waals surface area contributed by atoms with Gasteiger partial charge in [-0.05, 0) is 56.0 Å². The Hall–Kier alpha value is -1.35. The largest absolute Gasteiger partial charge is 0.361 e. The Labute approximate surface area is 178 Å². The summed E-state index contributed by atoms with van der Waals surface area (Å²) in [7, 11) is 1.81. The summed E-state index contributed by atoms with van der Waals surface area (Å²) < 4.78 is 13.5. The van der Waals surface area contributed by atoms with Gasteiger partial charge in [0.25, 0.3) is 0 Å². The van der Waals surface area contributed by atoms with E-state index in [1.54, 1.807) is 12.1 Å². The summed E-state index contributed by atoms with van der Waals surface area (Å²) in [5.41, 5.74) is 2.10. The Kier molecular flexibility index (Phi) is 8.82. The third-order valence-electron chi connectivity index (χ3n) is 5.11. The van der Waals surface area contributed by atoms with E-state index in [9.17, 15) is 4.39 Å². The van der Waals surface area contributed by atoms with Crippen LogP contribution < -0.4 is 10.6 Å². The van der Waals surface area contributed by atoms with Gasteiger partial charge >= 0.3 is 0 Å². The molecule has 0 amide bonds. The van der Waals surface area contributed by atoms with Crippen molar-refractivity contribution in [1.82, 2.24) is 20.5 Å². The van der Waals surface area contributed by atoms with Crippen molar-refractivity contribution in [2.75, 3.05) is 33.2 Å². The number of hydrogen-bond donors (Lipinski definition) is 3. The van der Waals surface area contributed by atoms with Crippen molar-refractivity contribution in [2.45, 2.75) is 38.6 Å². The van der Waals surface area contributed by atoms with Gasteiger partial charge in [0, 0.05) is 49.8 Å². The third-order valence-corrected chi connectivity index (χ3v) is 5.11. The average molecular weight is 487 g/mol. The lowest BCUT2D eigenvalue weighted by Gasteiger charge is -2.32. The number of nitrogens with one attached hydrogen (secondary N) is 3. The lowest BCUT2D eigenvalue weighted by Crippen LogP contribution is -2.49. The normalized spacial score (nSPS) is 16.3. The van der Waals surface area contributed by atoms with Crippen LogP contribution in [0.15, 0.2) is 29.4 Å². The molecule has 0 spiro atoms. The fourth-order valence-corrected chi connectivity index (χ4v) is 3.68. The fourth-order valence-electron chi connectivity index (χ4n) is 3.68. The average Bonchev–Trinajstić information content (AvgIpc) is 3.05. The highest BCUT2D eigenvalue weighted by atomic mass is 127. The number of piperidine rings is 1. The molecule has 2 aromatic rings. The van der Waals surface area contributed by atoms with Crippen LogP contribution >= 0.6 is 24.0 Å². The Bertz CT molecular complexity index is 737. The monoisotopic (exact) mass is 487 g/mol. The molecule has 1 aliphatic heterocycles. The molecule has 7 heteroatoms. The Morgan fingerprint density at radius 3 is 2.81 bits per heavy atom. The quantitative estimate of drug-likeness (QED) is 0.332. The van der Waals surface area contributed by atoms with Crippen LogP contribution in [0.1, 0.15) is 31.7 Å². The first kappa shape index (κ1) is 21.9. The van der Waals surface area contributed by atoms with E-state index in [4.69, 9.17) is 0 Å². The summed E-state index contributed by atoms with van der Waals surface area (Å²) in [5, 5.41) is 7.88. The molecule has 1 aromatic heterocycles. The molecule has 0 aliphatic carbocycles. The van der Waals surface area contributed by atoms with E-state index >= 15 is 0 Å². The molecule has 150 valence electrons. The summed E-state index contributed by atoms with van der Waals surface area (Å²) in [6, 6.07) is 5.35. The van der Waals surface area contributed by atoms with Crippen molar-refractivity contribution in [3.63, 3.8) is 0 Å². The van der Waals surface area contributed by atoms with Gasteiger partial charge in [-0.1, -0.05) is 6.92 Å². The number of aromatic nitrogens is 1. The second-order valence-electron chi connectivity index (χ2n) is 7.01. The second kappa shape index (κ2) is 10.8. The van der Waals surface area contributed by atoms with Crippen molar-refractivity contribution in [3.8, 4) is 0 Å². The summed E-state index contributed by atoms with van der Waals surface area (Å²) >= 11 is 0. The number of guanidine groups is 1. The van der Waals surface area contributed by atoms with Crippen molar-refractivity contribution in [3.05, 3.63) is 35.8 Å². The summed E-state index contributed by atoms with van der Waals surface area (Å²) in [6.45, 7) is 6.51. The van der Waals surface area contributed by atoms with Gasteiger partial charge in [-0.2, -0.15) is 0 Å². The highest BCUT2D eigenvalue weighted by Crippen LogP contribution is 2.19. The van der Waals surface area contributed by atoms with Crippen LogP contribution in [0.3, 0.4) is 0 Å². The van der Waals surface area contributed by atoms with Gasteiger partial charge < -0.3 is 20.5 Å². The molecule has 3 N–H and O–H groups in total. The first-order chi connectivity index (χ1) is 12.7. The van der Waals surface area contributed by atoms with Crippen molar-refractivity contribution < 1.29 is 4.39 Å². The molecule has 5 nitrogen and oxygen atoms in total. The van der Waals surface area contributed by atoms with Crippen molar-refractivity contribution >= 4 is 40.8 Å². The van der Waals surface area contributed by atoms with Crippen LogP contribution in [0, 0.1) is 5.82 Å². The number of aromatic amines is 1. The zero-order valence-electron chi connectivity index (χ0n) is 16.2. The number of halogens is 2. The minimum absolute atomic E-state index is 0. The standard InChI is InChI=1S/C20H30FN5.HI/c1-3-10-26-11-7-17(8-12-26)25-20(22-2)23-9-6-15-14-24-19-5-4-16(21)13-18(15)19;/h4-5,13-14,17,24H,3,6-12H2,1-2H3,(H2,22,23,25);1H. The number of fused-ring (bicyclic) bond motifs is 1. The second-order valence-corrected chi connectivity index (χ2v) is 7.01. The topological polar surface area (TPSA) is 55.4 Å². The van der Waals surface area contributed by atoms with Gasteiger partial charge in [0.1, 0.15) is 5.82 Å². The molecule has 0 radical (unpaired) electrons. The van der Waals surface area contributed by atoms with Gasteiger partial charge in [-0.25, -0.2) is 4.39 Å². The van der Waals surface area contributed by atoms with Gasteiger partial charge in [-0.3, -0.25) is 4.99 Å². The highest BCUT2D eigenvalue weighted by Gasteiger charge is 2.19. The number of hydrogen-bond acceptors (Lipinski definition) is 2. The lowest BCUT2D eigenvalue weighted by molar-refractivity contribution is 0.206. The number of likely N-dealkylation sites (tertiary alicyclic amines) is 1. The number of nitrogens with zero attached hydrogens (tertiary/aromatic N) is 2. The highest BCUT2D eigenvalue weighted by molar-refractivity contribution is 14.0. The molecule has 2 heterocycles. The first-order valence-corrected chi connectivity index (χ1v) is 9.64. The third kappa shape index (κ3) is 6.07. The first-order valence-electron chi connectivity index (χ1n) is 9.64. The fraction of sp³-hybridized carbons (Fsp3) is 0.550. The maximum atomic E-state index is 13.5. The predicted molar refractivity (Wildman–Crippen MR) is 122 cm³/mol. The van der Waals surface area contributed by atoms with E-state index in [0.29, 0.717) is 6.04 Å². The summed E-state index contributed by atoms with van der Waals surface area (Å²) in [6.07, 6.45) is 6.31. The van der Waals surface area contributed by atoms with Crippen LogP contribution in [0.5, 0.6) is 0 Å². The molecular formula is C20H31FIN5. The molecule has 1 aliphatic rings. The zero-order valence-corrected chi connectivity index (χ0v) is 18.6. The van der Waals surface area contributed by atoms with Gasteiger partial charge in [0.05, 0.1) is 0 Å². The van der Waals surface area contributed by atoms with E-state index in [1.807, 2.05) is 13.2 Å². The number of H-pyrrole nitrogens is 1. The number of benzene rings is 1. The molecule has 1 aromatic carbocycles. The van der Waals surface area contributed by atoms with E-state index in [0.717, 1.165) is 61.3 Å². The Morgan fingerprint density at radius 1 is 1.33 bits per heavy atom. The summed E-state index contributed by atoms with van der Waals surface area (Å²) in [4.78, 5) is 10.1. The van der Waals surface area contributed by atoms with E-state index in [-0.39, 0.29) is 29.8 Å². The van der Waals surface area contributed by atoms with Crippen LogP contribution in [-0.2, 0) is 6.42 Å². The predicted octanol–water partition coefficient (Wildman–Crippen LogP) is 3.51. The molecular weight excluding hydrogens is 456 g/mol. The molecule has 1 saturated heterocycles. The minimum atomic E-state index is -0.196. The molecule has 27 heavy (non-hydrogen) atoms. The molecule has 3 rings (SSSR count). The molecule has 0 unspecified atom stereocenters. The van der Waals surface area contributed by atoms with Crippen LogP contribution in [-0.4, -0.2) is 55.1 Å². The maximum absolute atomic E-state index is 13.5. The Balaban J connectivity index is 0.00000261. The molecule has 0 saturated carbocycles. The van der Waals surface area contributed by atoms with Crippen molar-refractivity contribution in [2.24, 2.45) is 4.99 Å². The molecule has 0 bridgehead atoms. The van der Waals surface area contributed by atoms with Gasteiger partial charge in [0.15, 0.2) is 5.96 Å².